The first-order valence-corrected chi connectivity index (χ1v) is 6.41. The van der Waals surface area contributed by atoms with Crippen LogP contribution in [0.15, 0.2) is 35.1 Å². The average Bonchev–Trinajstić information content (AvgIpc) is 2.49. The monoisotopic (exact) mass is 272 g/mol. The Balaban J connectivity index is 2.58. The number of aromatic nitrogens is 2. The number of benzene rings is 1. The van der Waals surface area contributed by atoms with Gasteiger partial charge in [0, 0.05) is 12.1 Å². The Morgan fingerprint density at radius 3 is 2.80 bits per heavy atom. The predicted molar refractivity (Wildman–Crippen MR) is 76.2 cm³/mol. The molecule has 2 rings (SSSR count). The zero-order chi connectivity index (χ0) is 14.5. The molecule has 0 N–H and O–H groups in total. The van der Waals surface area contributed by atoms with Crippen molar-refractivity contribution in [3.63, 3.8) is 0 Å². The maximum atomic E-state index is 11.9. The molecule has 0 fully saturated rings. The molecule has 1 aromatic heterocycles. The molecule has 0 aliphatic rings. The van der Waals surface area contributed by atoms with Crippen molar-refractivity contribution in [1.82, 2.24) is 9.78 Å². The zero-order valence-corrected chi connectivity index (χ0v) is 11.5. The number of rotatable bonds is 5. The van der Waals surface area contributed by atoms with Gasteiger partial charge in [0.05, 0.1) is 18.4 Å². The number of carbonyl (C=O) groups is 1. The van der Waals surface area contributed by atoms with E-state index >= 15 is 0 Å². The minimum absolute atomic E-state index is 0.117. The summed E-state index contributed by atoms with van der Waals surface area (Å²) in [5.41, 5.74) is 1.15. The molecule has 0 aliphatic carbocycles. The van der Waals surface area contributed by atoms with E-state index < -0.39 is 0 Å². The molecule has 0 radical (unpaired) electrons. The minimum Gasteiger partial charge on any atom is -0.497 e. The summed E-state index contributed by atoms with van der Waals surface area (Å²) in [5.74, 6) is 0.699. The van der Waals surface area contributed by atoms with Crippen molar-refractivity contribution >= 4 is 6.29 Å². The largest absolute Gasteiger partial charge is 0.497 e. The molecule has 0 amide bonds. The van der Waals surface area contributed by atoms with Gasteiger partial charge in [0.15, 0.2) is 6.29 Å². The van der Waals surface area contributed by atoms with E-state index in [2.05, 4.69) is 5.10 Å². The molecule has 0 saturated heterocycles. The number of ether oxygens (including phenoxy) is 1. The van der Waals surface area contributed by atoms with E-state index in [-0.39, 0.29) is 11.1 Å². The van der Waals surface area contributed by atoms with Crippen LogP contribution in [-0.2, 0) is 6.54 Å². The molecule has 0 aliphatic heterocycles. The Kier molecular flexibility index (Phi) is 4.30. The number of carbonyl (C=O) groups excluding carboxylic acids is 1. The highest BCUT2D eigenvalue weighted by Gasteiger charge is 2.09. The van der Waals surface area contributed by atoms with Crippen LogP contribution in [0.4, 0.5) is 0 Å². The third kappa shape index (κ3) is 2.77. The van der Waals surface area contributed by atoms with E-state index in [0.717, 1.165) is 12.0 Å². The van der Waals surface area contributed by atoms with Crippen LogP contribution in [0, 0.1) is 0 Å². The third-order valence-corrected chi connectivity index (χ3v) is 2.93. The van der Waals surface area contributed by atoms with E-state index in [1.807, 2.05) is 31.2 Å². The molecule has 0 spiro atoms. The SMILES string of the molecule is CCCn1nc(-c2cccc(OC)c2)cc(C=O)c1=O. The van der Waals surface area contributed by atoms with Crippen molar-refractivity contribution in [2.24, 2.45) is 0 Å². The molecule has 0 atom stereocenters. The lowest BCUT2D eigenvalue weighted by atomic mass is 10.1. The average molecular weight is 272 g/mol. The topological polar surface area (TPSA) is 61.2 Å². The summed E-state index contributed by atoms with van der Waals surface area (Å²) in [6, 6.07) is 8.85. The Labute approximate surface area is 116 Å². The van der Waals surface area contributed by atoms with Crippen molar-refractivity contribution in [3.8, 4) is 17.0 Å². The van der Waals surface area contributed by atoms with E-state index in [9.17, 15) is 9.59 Å². The molecule has 5 nitrogen and oxygen atoms in total. The molecule has 1 heterocycles. The van der Waals surface area contributed by atoms with Crippen LogP contribution in [0.2, 0.25) is 0 Å². The van der Waals surface area contributed by atoms with Gasteiger partial charge in [0.1, 0.15) is 5.75 Å². The summed E-state index contributed by atoms with van der Waals surface area (Å²) in [4.78, 5) is 23.0. The van der Waals surface area contributed by atoms with Crippen molar-refractivity contribution in [2.45, 2.75) is 19.9 Å². The smallest absolute Gasteiger partial charge is 0.277 e. The highest BCUT2D eigenvalue weighted by atomic mass is 16.5. The lowest BCUT2D eigenvalue weighted by Gasteiger charge is -2.08. The van der Waals surface area contributed by atoms with Gasteiger partial charge in [-0.2, -0.15) is 5.10 Å². The summed E-state index contributed by atoms with van der Waals surface area (Å²) >= 11 is 0. The van der Waals surface area contributed by atoms with E-state index in [1.165, 1.54) is 10.7 Å². The maximum Gasteiger partial charge on any atom is 0.277 e. The van der Waals surface area contributed by atoms with Gasteiger partial charge >= 0.3 is 0 Å². The standard InChI is InChI=1S/C15H16N2O3/c1-3-7-17-15(19)12(10-18)9-14(16-17)11-5-4-6-13(8-11)20-2/h4-6,8-10H,3,7H2,1-2H3. The lowest BCUT2D eigenvalue weighted by molar-refractivity contribution is 0.112. The number of hydrogen-bond acceptors (Lipinski definition) is 4. The van der Waals surface area contributed by atoms with Crippen LogP contribution < -0.4 is 10.3 Å². The molecule has 0 unspecified atom stereocenters. The van der Waals surface area contributed by atoms with E-state index in [1.54, 1.807) is 7.11 Å². The minimum atomic E-state index is -0.353. The Bertz CT molecular complexity index is 677. The first-order chi connectivity index (χ1) is 9.69. The molecule has 104 valence electrons. The molecular formula is C15H16N2O3. The molecule has 5 heteroatoms. The number of aryl methyl sites for hydroxylation is 1. The first-order valence-electron chi connectivity index (χ1n) is 6.41. The van der Waals surface area contributed by atoms with E-state index in [4.69, 9.17) is 4.74 Å². The van der Waals surface area contributed by atoms with Gasteiger partial charge in [-0.15, -0.1) is 0 Å². The first kappa shape index (κ1) is 14.0. The van der Waals surface area contributed by atoms with E-state index in [0.29, 0.717) is 24.3 Å². The normalized spacial score (nSPS) is 10.3. The molecule has 0 saturated carbocycles. The second-order valence-corrected chi connectivity index (χ2v) is 4.36. The summed E-state index contributed by atoms with van der Waals surface area (Å²) in [5, 5.41) is 4.31. The van der Waals surface area contributed by atoms with Crippen LogP contribution >= 0.6 is 0 Å². The number of nitrogens with zero attached hydrogens (tertiary/aromatic N) is 2. The third-order valence-electron chi connectivity index (χ3n) is 2.93. The van der Waals surface area contributed by atoms with Crippen molar-refractivity contribution in [1.29, 1.82) is 0 Å². The molecule has 20 heavy (non-hydrogen) atoms. The number of methoxy groups -OCH3 is 1. The molecule has 2 aromatic rings. The fraction of sp³-hybridized carbons (Fsp3) is 0.267. The van der Waals surface area contributed by atoms with Crippen LogP contribution in [0.3, 0.4) is 0 Å². The van der Waals surface area contributed by atoms with Crippen LogP contribution in [0.5, 0.6) is 5.75 Å². The van der Waals surface area contributed by atoms with Gasteiger partial charge in [-0.05, 0) is 24.6 Å². The molecule has 1 aromatic carbocycles. The summed E-state index contributed by atoms with van der Waals surface area (Å²) in [7, 11) is 1.58. The van der Waals surface area contributed by atoms with Crippen LogP contribution in [-0.4, -0.2) is 23.2 Å². The summed E-state index contributed by atoms with van der Waals surface area (Å²) in [6.45, 7) is 2.43. The summed E-state index contributed by atoms with van der Waals surface area (Å²) in [6.07, 6.45) is 1.34. The Morgan fingerprint density at radius 2 is 2.15 bits per heavy atom. The second-order valence-electron chi connectivity index (χ2n) is 4.36. The Morgan fingerprint density at radius 1 is 1.35 bits per heavy atom. The van der Waals surface area contributed by atoms with Gasteiger partial charge in [-0.25, -0.2) is 4.68 Å². The van der Waals surface area contributed by atoms with Crippen molar-refractivity contribution in [2.75, 3.05) is 7.11 Å². The quantitative estimate of drug-likeness (QED) is 0.782. The number of aldehydes is 1. The fourth-order valence-corrected chi connectivity index (χ4v) is 1.93. The molecule has 0 bridgehead atoms. The van der Waals surface area contributed by atoms with Gasteiger partial charge in [-0.3, -0.25) is 9.59 Å². The van der Waals surface area contributed by atoms with Gasteiger partial charge < -0.3 is 4.74 Å². The second kappa shape index (κ2) is 6.14. The summed E-state index contributed by atoms with van der Waals surface area (Å²) < 4.78 is 6.50. The highest BCUT2D eigenvalue weighted by molar-refractivity contribution is 5.77. The molecular weight excluding hydrogens is 256 g/mol. The predicted octanol–water partition coefficient (Wildman–Crippen LogP) is 2.14. The fourth-order valence-electron chi connectivity index (χ4n) is 1.93. The lowest BCUT2D eigenvalue weighted by Crippen LogP contribution is -2.26. The van der Waals surface area contributed by atoms with Gasteiger partial charge in [0.2, 0.25) is 0 Å². The highest BCUT2D eigenvalue weighted by Crippen LogP contribution is 2.21. The van der Waals surface area contributed by atoms with Gasteiger partial charge in [0.25, 0.3) is 5.56 Å². The number of hydrogen-bond donors (Lipinski definition) is 0. The van der Waals surface area contributed by atoms with Crippen LogP contribution in [0.25, 0.3) is 11.3 Å². The van der Waals surface area contributed by atoms with Crippen molar-refractivity contribution in [3.05, 3.63) is 46.2 Å². The van der Waals surface area contributed by atoms with Crippen molar-refractivity contribution < 1.29 is 9.53 Å². The Hall–Kier alpha value is -2.43. The maximum absolute atomic E-state index is 11.9. The van der Waals surface area contributed by atoms with Crippen LogP contribution in [0.1, 0.15) is 23.7 Å². The van der Waals surface area contributed by atoms with Gasteiger partial charge in [-0.1, -0.05) is 19.1 Å². The zero-order valence-electron chi connectivity index (χ0n) is 11.5.